The van der Waals surface area contributed by atoms with Crippen molar-refractivity contribution in [1.82, 2.24) is 25.0 Å². The van der Waals surface area contributed by atoms with Crippen molar-refractivity contribution in [2.24, 2.45) is 0 Å². The Morgan fingerprint density at radius 3 is 2.50 bits per heavy atom. The molecule has 1 aliphatic rings. The van der Waals surface area contributed by atoms with E-state index >= 15 is 0 Å². The fourth-order valence-corrected chi connectivity index (χ4v) is 3.89. The number of piperazine rings is 1. The van der Waals surface area contributed by atoms with Gasteiger partial charge >= 0.3 is 0 Å². The van der Waals surface area contributed by atoms with Crippen LogP contribution in [0, 0.1) is 0 Å². The molecule has 0 saturated carbocycles. The molecule has 1 atom stereocenters. The average Bonchev–Trinajstić information content (AvgIpc) is 3.16. The van der Waals surface area contributed by atoms with Crippen molar-refractivity contribution in [1.29, 1.82) is 0 Å². The van der Waals surface area contributed by atoms with Crippen molar-refractivity contribution >= 4 is 17.7 Å². The van der Waals surface area contributed by atoms with E-state index in [0.717, 1.165) is 50.5 Å². The van der Waals surface area contributed by atoms with Gasteiger partial charge in [-0.25, -0.2) is 4.98 Å². The number of rotatable bonds is 6. The van der Waals surface area contributed by atoms with Crippen LogP contribution in [-0.2, 0) is 11.2 Å². The summed E-state index contributed by atoms with van der Waals surface area (Å²) in [6.07, 6.45) is 1.02. The monoisotopic (exact) mass is 373 g/mol. The Balaban J connectivity index is 1.58. The molecular formula is C19H27N5OS. The molecule has 0 bridgehead atoms. The number of benzene rings is 1. The molecule has 3 rings (SSSR count). The van der Waals surface area contributed by atoms with Crippen LogP contribution in [0.5, 0.6) is 0 Å². The number of hydrogen-bond acceptors (Lipinski definition) is 5. The van der Waals surface area contributed by atoms with Gasteiger partial charge in [-0.15, -0.1) is 5.10 Å². The predicted molar refractivity (Wildman–Crippen MR) is 105 cm³/mol. The number of aryl methyl sites for hydroxylation is 1. The van der Waals surface area contributed by atoms with Crippen molar-refractivity contribution in [3.8, 4) is 11.4 Å². The molecule has 0 radical (unpaired) electrons. The van der Waals surface area contributed by atoms with Crippen LogP contribution in [0.1, 0.15) is 26.3 Å². The zero-order chi connectivity index (χ0) is 18.5. The van der Waals surface area contributed by atoms with Gasteiger partial charge in [-0.1, -0.05) is 49.9 Å². The normalized spacial score (nSPS) is 16.7. The third kappa shape index (κ3) is 4.45. The lowest BCUT2D eigenvalue weighted by molar-refractivity contribution is -0.132. The molecule has 1 unspecified atom stereocenters. The summed E-state index contributed by atoms with van der Waals surface area (Å²) in [5.41, 5.74) is 2.31. The number of H-pyrrole nitrogens is 1. The Morgan fingerprint density at radius 2 is 1.88 bits per heavy atom. The molecule has 1 N–H and O–H groups in total. The second-order valence-electron chi connectivity index (χ2n) is 6.54. The minimum absolute atomic E-state index is 0.171. The fourth-order valence-electron chi connectivity index (χ4n) is 3.08. The van der Waals surface area contributed by atoms with E-state index in [-0.39, 0.29) is 11.2 Å². The number of hydrogen-bond donors (Lipinski definition) is 1. The fraction of sp³-hybridized carbons (Fsp3) is 0.526. The lowest BCUT2D eigenvalue weighted by Gasteiger charge is -2.35. The summed E-state index contributed by atoms with van der Waals surface area (Å²) in [4.78, 5) is 21.5. The summed E-state index contributed by atoms with van der Waals surface area (Å²) in [5.74, 6) is 0.913. The topological polar surface area (TPSA) is 65.1 Å². The quantitative estimate of drug-likeness (QED) is 0.789. The van der Waals surface area contributed by atoms with Gasteiger partial charge in [0.2, 0.25) is 11.1 Å². The third-order valence-electron chi connectivity index (χ3n) is 4.86. The van der Waals surface area contributed by atoms with Crippen LogP contribution in [-0.4, -0.2) is 68.9 Å². The molecule has 1 aromatic heterocycles. The number of nitrogens with zero attached hydrogens (tertiary/aromatic N) is 4. The highest BCUT2D eigenvalue weighted by molar-refractivity contribution is 8.00. The highest BCUT2D eigenvalue weighted by Gasteiger charge is 2.26. The summed E-state index contributed by atoms with van der Waals surface area (Å²) in [7, 11) is 0. The maximum Gasteiger partial charge on any atom is 0.235 e. The standard InChI is InChI=1S/C19H27N5OS/c1-4-15-6-8-16(9-7-15)17-20-19(22-21-17)26-14(3)18(25)24-12-10-23(5-2)11-13-24/h6-9,14H,4-5,10-13H2,1-3H3,(H,20,21,22). The molecular weight excluding hydrogens is 346 g/mol. The second-order valence-corrected chi connectivity index (χ2v) is 7.84. The number of likely N-dealkylation sites (N-methyl/N-ethyl adjacent to an activating group) is 1. The number of aromatic nitrogens is 3. The van der Waals surface area contributed by atoms with Gasteiger partial charge in [-0.05, 0) is 25.5 Å². The largest absolute Gasteiger partial charge is 0.339 e. The van der Waals surface area contributed by atoms with Gasteiger partial charge < -0.3 is 9.80 Å². The van der Waals surface area contributed by atoms with E-state index in [1.54, 1.807) is 0 Å². The molecule has 2 aromatic rings. The van der Waals surface area contributed by atoms with Crippen LogP contribution in [0.4, 0.5) is 0 Å². The number of thioether (sulfide) groups is 1. The SMILES string of the molecule is CCc1ccc(-c2nc(SC(C)C(=O)N3CCN(CC)CC3)n[nH]2)cc1. The minimum Gasteiger partial charge on any atom is -0.339 e. The van der Waals surface area contributed by atoms with Gasteiger partial charge in [0.1, 0.15) is 0 Å². The van der Waals surface area contributed by atoms with Gasteiger partial charge in [0.05, 0.1) is 5.25 Å². The lowest BCUT2D eigenvalue weighted by Crippen LogP contribution is -2.50. The number of carbonyl (C=O) groups is 1. The van der Waals surface area contributed by atoms with Gasteiger partial charge in [0.25, 0.3) is 0 Å². The summed E-state index contributed by atoms with van der Waals surface area (Å²) >= 11 is 1.42. The Hall–Kier alpha value is -1.86. The lowest BCUT2D eigenvalue weighted by atomic mass is 10.1. The summed E-state index contributed by atoms with van der Waals surface area (Å²) < 4.78 is 0. The van der Waals surface area contributed by atoms with Crippen LogP contribution in [0.15, 0.2) is 29.4 Å². The van der Waals surface area contributed by atoms with Gasteiger partial charge in [-0.3, -0.25) is 9.89 Å². The second kappa shape index (κ2) is 8.68. The minimum atomic E-state index is -0.186. The molecule has 2 heterocycles. The molecule has 1 aromatic carbocycles. The van der Waals surface area contributed by atoms with Crippen molar-refractivity contribution in [3.63, 3.8) is 0 Å². The van der Waals surface area contributed by atoms with Crippen LogP contribution < -0.4 is 0 Å². The Bertz CT molecular complexity index is 722. The van der Waals surface area contributed by atoms with Gasteiger partial charge in [0, 0.05) is 31.7 Å². The molecule has 1 fully saturated rings. The number of aromatic amines is 1. The van der Waals surface area contributed by atoms with Gasteiger partial charge in [-0.2, -0.15) is 0 Å². The summed E-state index contributed by atoms with van der Waals surface area (Å²) in [6.45, 7) is 10.8. The Morgan fingerprint density at radius 1 is 1.19 bits per heavy atom. The number of amides is 1. The zero-order valence-electron chi connectivity index (χ0n) is 15.7. The highest BCUT2D eigenvalue weighted by atomic mass is 32.2. The predicted octanol–water partition coefficient (Wildman–Crippen LogP) is 2.68. The van der Waals surface area contributed by atoms with Crippen molar-refractivity contribution < 1.29 is 4.79 Å². The number of carbonyl (C=O) groups excluding carboxylic acids is 1. The molecule has 7 heteroatoms. The zero-order valence-corrected chi connectivity index (χ0v) is 16.6. The van der Waals surface area contributed by atoms with E-state index < -0.39 is 0 Å². The van der Waals surface area contributed by atoms with Crippen molar-refractivity contribution in [3.05, 3.63) is 29.8 Å². The molecule has 1 saturated heterocycles. The molecule has 140 valence electrons. The van der Waals surface area contributed by atoms with Crippen LogP contribution in [0.3, 0.4) is 0 Å². The van der Waals surface area contributed by atoms with Crippen LogP contribution >= 0.6 is 11.8 Å². The first-order chi connectivity index (χ1) is 12.6. The summed E-state index contributed by atoms with van der Waals surface area (Å²) in [6, 6.07) is 8.31. The maximum absolute atomic E-state index is 12.7. The number of nitrogens with one attached hydrogen (secondary N) is 1. The van der Waals surface area contributed by atoms with Crippen molar-refractivity contribution in [2.75, 3.05) is 32.7 Å². The summed E-state index contributed by atoms with van der Waals surface area (Å²) in [5, 5.41) is 7.69. The van der Waals surface area contributed by atoms with E-state index in [1.165, 1.54) is 17.3 Å². The molecule has 1 amide bonds. The van der Waals surface area contributed by atoms with E-state index in [4.69, 9.17) is 0 Å². The Labute approximate surface area is 159 Å². The van der Waals surface area contributed by atoms with E-state index in [2.05, 4.69) is 58.2 Å². The smallest absolute Gasteiger partial charge is 0.235 e. The molecule has 26 heavy (non-hydrogen) atoms. The van der Waals surface area contributed by atoms with Gasteiger partial charge in [0.15, 0.2) is 5.82 Å². The Kier molecular flexibility index (Phi) is 6.32. The first-order valence-electron chi connectivity index (χ1n) is 9.30. The molecule has 1 aliphatic heterocycles. The van der Waals surface area contributed by atoms with E-state index in [0.29, 0.717) is 5.16 Å². The first kappa shape index (κ1) is 18.9. The van der Waals surface area contributed by atoms with Crippen LogP contribution in [0.2, 0.25) is 0 Å². The molecule has 0 spiro atoms. The van der Waals surface area contributed by atoms with Crippen LogP contribution in [0.25, 0.3) is 11.4 Å². The van der Waals surface area contributed by atoms with E-state index in [9.17, 15) is 4.79 Å². The molecule has 6 nitrogen and oxygen atoms in total. The van der Waals surface area contributed by atoms with Crippen molar-refractivity contribution in [2.45, 2.75) is 37.6 Å². The van der Waals surface area contributed by atoms with E-state index in [1.807, 2.05) is 11.8 Å². The highest BCUT2D eigenvalue weighted by Crippen LogP contribution is 2.24. The molecule has 0 aliphatic carbocycles. The maximum atomic E-state index is 12.7. The first-order valence-corrected chi connectivity index (χ1v) is 10.2. The average molecular weight is 374 g/mol. The third-order valence-corrected chi connectivity index (χ3v) is 5.81.